The molecule has 0 atom stereocenters. The molecule has 0 aromatic heterocycles. The van der Waals surface area contributed by atoms with Crippen LogP contribution < -0.4 is 0 Å². The third-order valence-electron chi connectivity index (χ3n) is 6.49. The van der Waals surface area contributed by atoms with Crippen molar-refractivity contribution in [2.45, 2.75) is 97.3 Å². The Kier molecular flexibility index (Phi) is 14.6. The van der Waals surface area contributed by atoms with Gasteiger partial charge in [0.25, 0.3) is 0 Å². The monoisotopic (exact) mass is 482 g/mol. The Morgan fingerprint density at radius 3 is 1.85 bits per heavy atom. The number of allylic oxidation sites excluding steroid dienone is 2. The summed E-state index contributed by atoms with van der Waals surface area (Å²) in [7, 11) is 0. The van der Waals surface area contributed by atoms with Crippen LogP contribution in [0.15, 0.2) is 48.5 Å². The summed E-state index contributed by atoms with van der Waals surface area (Å²) in [5.74, 6) is 3.30. The molecule has 0 bridgehead atoms. The van der Waals surface area contributed by atoms with Gasteiger partial charge in [-0.25, -0.2) is 0 Å². The molecule has 0 spiro atoms. The molecule has 2 aromatic carbocycles. The molecule has 34 heavy (non-hydrogen) atoms. The van der Waals surface area contributed by atoms with Gasteiger partial charge in [-0.3, -0.25) is 0 Å². The third kappa shape index (κ3) is 11.0. The van der Waals surface area contributed by atoms with E-state index in [1.165, 1.54) is 93.3 Å². The van der Waals surface area contributed by atoms with Gasteiger partial charge in [-0.1, -0.05) is 89.5 Å². The molecule has 0 aliphatic rings. The predicted molar refractivity (Wildman–Crippen MR) is 152 cm³/mol. The van der Waals surface area contributed by atoms with E-state index in [0.717, 1.165) is 24.0 Å². The van der Waals surface area contributed by atoms with E-state index < -0.39 is 0 Å². The van der Waals surface area contributed by atoms with E-state index in [1.807, 2.05) is 24.3 Å². The molecule has 3 heteroatoms. The molecule has 0 fully saturated rings. The number of unbranched alkanes of at least 4 members (excludes halogenated alkanes) is 9. The second-order valence-corrected chi connectivity index (χ2v) is 10.5. The van der Waals surface area contributed by atoms with Gasteiger partial charge in [0.15, 0.2) is 0 Å². The molecular weight excluding hydrogens is 436 g/mol. The Morgan fingerprint density at radius 1 is 0.618 bits per heavy atom. The van der Waals surface area contributed by atoms with E-state index in [1.54, 1.807) is 18.2 Å². The number of thioether (sulfide) groups is 1. The minimum atomic E-state index is 0.295. The number of rotatable bonds is 18. The molecule has 0 saturated heterocycles. The standard InChI is InChI=1S/C31H46O2S/c1-3-5-13-23-34-24-14-11-9-7-6-8-10-12-18-31(27-16-15-17-29(33)25-27)30(4-2)26-19-21-28(32)22-20-26/h15-17,19-22,25,32-33H,3-14,18,23-24H2,1-2H3/b31-30+. The van der Waals surface area contributed by atoms with Crippen molar-refractivity contribution < 1.29 is 10.2 Å². The van der Waals surface area contributed by atoms with Crippen LogP contribution in [0.3, 0.4) is 0 Å². The minimum Gasteiger partial charge on any atom is -0.508 e. The number of benzene rings is 2. The van der Waals surface area contributed by atoms with E-state index in [9.17, 15) is 10.2 Å². The summed E-state index contributed by atoms with van der Waals surface area (Å²) < 4.78 is 0. The first-order valence-electron chi connectivity index (χ1n) is 13.5. The summed E-state index contributed by atoms with van der Waals surface area (Å²) in [6, 6.07) is 15.2. The normalized spacial score (nSPS) is 12.1. The lowest BCUT2D eigenvalue weighted by molar-refractivity contribution is 0.474. The lowest BCUT2D eigenvalue weighted by atomic mass is 9.89. The maximum Gasteiger partial charge on any atom is 0.116 e. The zero-order valence-electron chi connectivity index (χ0n) is 21.5. The van der Waals surface area contributed by atoms with Gasteiger partial charge in [0.2, 0.25) is 0 Å². The highest BCUT2D eigenvalue weighted by Crippen LogP contribution is 2.34. The van der Waals surface area contributed by atoms with E-state index in [-0.39, 0.29) is 0 Å². The zero-order chi connectivity index (χ0) is 24.4. The van der Waals surface area contributed by atoms with Gasteiger partial charge < -0.3 is 10.2 Å². The molecule has 0 saturated carbocycles. The average Bonchev–Trinajstić information content (AvgIpc) is 2.84. The van der Waals surface area contributed by atoms with Crippen LogP contribution in [0.4, 0.5) is 0 Å². The summed E-state index contributed by atoms with van der Waals surface area (Å²) in [5.41, 5.74) is 4.89. The molecular formula is C31H46O2S. The van der Waals surface area contributed by atoms with Gasteiger partial charge in [0, 0.05) is 0 Å². The fourth-order valence-corrected chi connectivity index (χ4v) is 5.56. The molecule has 2 nitrogen and oxygen atoms in total. The van der Waals surface area contributed by atoms with E-state index in [4.69, 9.17) is 0 Å². The molecule has 0 heterocycles. The van der Waals surface area contributed by atoms with Crippen molar-refractivity contribution in [2.75, 3.05) is 11.5 Å². The first kappa shape index (κ1) is 28.4. The van der Waals surface area contributed by atoms with Gasteiger partial charge in [-0.15, -0.1) is 0 Å². The first-order chi connectivity index (χ1) is 16.7. The minimum absolute atomic E-state index is 0.295. The summed E-state index contributed by atoms with van der Waals surface area (Å²) >= 11 is 2.14. The molecule has 188 valence electrons. The van der Waals surface area contributed by atoms with E-state index in [0.29, 0.717) is 11.5 Å². The van der Waals surface area contributed by atoms with Crippen molar-refractivity contribution in [2.24, 2.45) is 0 Å². The molecule has 2 N–H and O–H groups in total. The largest absolute Gasteiger partial charge is 0.508 e. The Hall–Kier alpha value is -1.87. The second-order valence-electron chi connectivity index (χ2n) is 9.31. The summed E-state index contributed by atoms with van der Waals surface area (Å²) in [4.78, 5) is 0. The van der Waals surface area contributed by atoms with Gasteiger partial charge in [0.1, 0.15) is 11.5 Å². The average molecular weight is 483 g/mol. The van der Waals surface area contributed by atoms with Crippen molar-refractivity contribution in [1.29, 1.82) is 0 Å². The molecule has 2 rings (SSSR count). The van der Waals surface area contributed by atoms with Crippen LogP contribution in [-0.4, -0.2) is 21.7 Å². The number of hydrogen-bond donors (Lipinski definition) is 2. The summed E-state index contributed by atoms with van der Waals surface area (Å²) in [6.45, 7) is 4.46. The summed E-state index contributed by atoms with van der Waals surface area (Å²) in [6.07, 6.45) is 16.6. The Bertz CT molecular complexity index is 826. The lowest BCUT2D eigenvalue weighted by Gasteiger charge is -2.16. The quantitative estimate of drug-likeness (QED) is 0.164. The van der Waals surface area contributed by atoms with E-state index in [2.05, 4.69) is 31.7 Å². The molecule has 0 amide bonds. The van der Waals surface area contributed by atoms with Gasteiger partial charge in [0.05, 0.1) is 0 Å². The van der Waals surface area contributed by atoms with Crippen LogP contribution in [0.1, 0.15) is 108 Å². The van der Waals surface area contributed by atoms with Crippen molar-refractivity contribution in [3.63, 3.8) is 0 Å². The highest BCUT2D eigenvalue weighted by molar-refractivity contribution is 7.99. The Balaban J connectivity index is 1.77. The fourth-order valence-electron chi connectivity index (χ4n) is 4.54. The fraction of sp³-hybridized carbons (Fsp3) is 0.548. The smallest absolute Gasteiger partial charge is 0.116 e. The molecule has 2 aromatic rings. The van der Waals surface area contributed by atoms with Gasteiger partial charge in [-0.2, -0.15) is 11.8 Å². The van der Waals surface area contributed by atoms with Crippen molar-refractivity contribution in [1.82, 2.24) is 0 Å². The third-order valence-corrected chi connectivity index (χ3v) is 7.64. The number of aromatic hydroxyl groups is 2. The first-order valence-corrected chi connectivity index (χ1v) is 14.7. The number of hydrogen-bond acceptors (Lipinski definition) is 3. The lowest BCUT2D eigenvalue weighted by Crippen LogP contribution is -1.94. The summed E-state index contributed by atoms with van der Waals surface area (Å²) in [5, 5.41) is 19.8. The number of phenols is 2. The topological polar surface area (TPSA) is 40.5 Å². The van der Waals surface area contributed by atoms with Crippen molar-refractivity contribution in [3.05, 3.63) is 59.7 Å². The zero-order valence-corrected chi connectivity index (χ0v) is 22.3. The molecule has 0 aliphatic carbocycles. The van der Waals surface area contributed by atoms with Crippen LogP contribution in [0.25, 0.3) is 11.1 Å². The van der Waals surface area contributed by atoms with Crippen molar-refractivity contribution >= 4 is 22.9 Å². The molecule has 0 aliphatic heterocycles. The van der Waals surface area contributed by atoms with Gasteiger partial charge >= 0.3 is 0 Å². The van der Waals surface area contributed by atoms with Crippen LogP contribution in [-0.2, 0) is 0 Å². The van der Waals surface area contributed by atoms with Crippen LogP contribution in [0, 0.1) is 0 Å². The van der Waals surface area contributed by atoms with E-state index >= 15 is 0 Å². The highest BCUT2D eigenvalue weighted by Gasteiger charge is 2.11. The van der Waals surface area contributed by atoms with Crippen LogP contribution in [0.5, 0.6) is 11.5 Å². The van der Waals surface area contributed by atoms with Crippen LogP contribution in [0.2, 0.25) is 0 Å². The predicted octanol–water partition coefficient (Wildman–Crippen LogP) is 9.85. The maximum atomic E-state index is 10.1. The molecule has 0 unspecified atom stereocenters. The SMILES string of the molecule is CCCCCSCCCCCCCCCC/C(=C(/CC)c1ccc(O)cc1)c1cccc(O)c1. The van der Waals surface area contributed by atoms with Crippen molar-refractivity contribution in [3.8, 4) is 11.5 Å². The maximum absolute atomic E-state index is 10.1. The van der Waals surface area contributed by atoms with Crippen LogP contribution >= 0.6 is 11.8 Å². The molecule has 0 radical (unpaired) electrons. The second kappa shape index (κ2) is 17.5. The van der Waals surface area contributed by atoms with Gasteiger partial charge in [-0.05, 0) is 90.1 Å². The Labute approximate surface area is 212 Å². The Morgan fingerprint density at radius 2 is 1.24 bits per heavy atom. The highest BCUT2D eigenvalue weighted by atomic mass is 32.2. The number of phenolic OH excluding ortho intramolecular Hbond substituents is 2.